The molecule has 0 radical (unpaired) electrons. The molecule has 1 heterocycles. The third-order valence-electron chi connectivity index (χ3n) is 5.44. The van der Waals surface area contributed by atoms with Crippen molar-refractivity contribution in [3.63, 3.8) is 0 Å². The van der Waals surface area contributed by atoms with E-state index in [2.05, 4.69) is 42.3 Å². The number of benzene rings is 2. The first-order valence-corrected chi connectivity index (χ1v) is 9.42. The van der Waals surface area contributed by atoms with Gasteiger partial charge >= 0.3 is 6.09 Å². The summed E-state index contributed by atoms with van der Waals surface area (Å²) in [5, 5.41) is 0. The minimum Gasteiger partial charge on any atom is -0.448 e. The number of rotatable bonds is 5. The molecule has 0 N–H and O–H groups in total. The molecule has 27 heavy (non-hydrogen) atoms. The second-order valence-corrected chi connectivity index (χ2v) is 7.01. The van der Waals surface area contributed by atoms with Crippen LogP contribution in [0.4, 0.5) is 4.79 Å². The molecule has 4 nitrogen and oxygen atoms in total. The van der Waals surface area contributed by atoms with Gasteiger partial charge in [0.1, 0.15) is 13.2 Å². The van der Waals surface area contributed by atoms with Crippen LogP contribution in [0.25, 0.3) is 11.1 Å². The van der Waals surface area contributed by atoms with Crippen molar-refractivity contribution in [3.05, 3.63) is 59.7 Å². The lowest BCUT2D eigenvalue weighted by Crippen LogP contribution is -2.39. The third-order valence-corrected chi connectivity index (χ3v) is 5.44. The van der Waals surface area contributed by atoms with Gasteiger partial charge in [-0.15, -0.1) is 6.42 Å². The standard InChI is InChI=1S/C23H23NO3/c1-2-14-26-15-17-8-7-13-24(17)23(25)27-16-22-20-11-5-3-9-18(20)19-10-4-6-12-21(19)22/h1,3-6,9-12,17,22H,7-8,13-16H2/t17-/m0/s1. The molecule has 2 aliphatic rings. The summed E-state index contributed by atoms with van der Waals surface area (Å²) in [7, 11) is 0. The zero-order chi connectivity index (χ0) is 18.6. The first-order chi connectivity index (χ1) is 13.3. The predicted molar refractivity (Wildman–Crippen MR) is 104 cm³/mol. The van der Waals surface area contributed by atoms with E-state index in [1.54, 1.807) is 4.90 Å². The Morgan fingerprint density at radius 1 is 1.07 bits per heavy atom. The summed E-state index contributed by atoms with van der Waals surface area (Å²) in [5.41, 5.74) is 4.91. The van der Waals surface area contributed by atoms with Crippen LogP contribution in [-0.2, 0) is 9.47 Å². The van der Waals surface area contributed by atoms with Crippen LogP contribution < -0.4 is 0 Å². The van der Waals surface area contributed by atoms with Gasteiger partial charge in [0.2, 0.25) is 0 Å². The van der Waals surface area contributed by atoms with E-state index in [0.29, 0.717) is 19.8 Å². The lowest BCUT2D eigenvalue weighted by Gasteiger charge is -2.24. The normalized spacial score (nSPS) is 18.0. The molecule has 0 unspecified atom stereocenters. The van der Waals surface area contributed by atoms with Gasteiger partial charge in [-0.1, -0.05) is 54.5 Å². The Balaban J connectivity index is 1.44. The molecule has 4 heteroatoms. The lowest BCUT2D eigenvalue weighted by atomic mass is 9.98. The van der Waals surface area contributed by atoms with E-state index in [-0.39, 0.29) is 24.7 Å². The van der Waals surface area contributed by atoms with E-state index >= 15 is 0 Å². The Labute approximate surface area is 160 Å². The summed E-state index contributed by atoms with van der Waals surface area (Å²) in [6.07, 6.45) is 6.85. The molecule has 1 aliphatic heterocycles. The fourth-order valence-corrected chi connectivity index (χ4v) is 4.18. The highest BCUT2D eigenvalue weighted by Gasteiger charge is 2.33. The van der Waals surface area contributed by atoms with Gasteiger partial charge in [-0.2, -0.15) is 0 Å². The fourth-order valence-electron chi connectivity index (χ4n) is 4.18. The number of hydrogen-bond donors (Lipinski definition) is 0. The maximum absolute atomic E-state index is 12.7. The molecule has 138 valence electrons. The molecule has 0 saturated carbocycles. The minimum absolute atomic E-state index is 0.0500. The zero-order valence-corrected chi connectivity index (χ0v) is 15.3. The first kappa shape index (κ1) is 17.6. The number of ether oxygens (including phenoxy) is 2. The van der Waals surface area contributed by atoms with Crippen molar-refractivity contribution in [1.29, 1.82) is 0 Å². The summed E-state index contributed by atoms with van der Waals surface area (Å²) in [6.45, 7) is 1.80. The van der Waals surface area contributed by atoms with E-state index in [9.17, 15) is 4.79 Å². The van der Waals surface area contributed by atoms with Crippen LogP contribution in [-0.4, -0.2) is 43.4 Å². The molecule has 1 amide bonds. The molecule has 1 saturated heterocycles. The Hall–Kier alpha value is -2.77. The zero-order valence-electron chi connectivity index (χ0n) is 15.3. The number of likely N-dealkylation sites (tertiary alicyclic amines) is 1. The maximum atomic E-state index is 12.7. The first-order valence-electron chi connectivity index (χ1n) is 9.42. The van der Waals surface area contributed by atoms with Gasteiger partial charge in [0, 0.05) is 12.5 Å². The topological polar surface area (TPSA) is 38.8 Å². The van der Waals surface area contributed by atoms with Crippen molar-refractivity contribution >= 4 is 6.09 Å². The third kappa shape index (κ3) is 3.43. The van der Waals surface area contributed by atoms with Crippen molar-refractivity contribution in [2.24, 2.45) is 0 Å². The summed E-state index contributed by atoms with van der Waals surface area (Å²) in [5.74, 6) is 2.54. The van der Waals surface area contributed by atoms with Crippen molar-refractivity contribution in [3.8, 4) is 23.5 Å². The number of terminal acetylenes is 1. The summed E-state index contributed by atoms with van der Waals surface area (Å²) in [6, 6.07) is 16.8. The SMILES string of the molecule is C#CCOC[C@@H]1CCCN1C(=O)OCC1c2ccccc2-c2ccccc21. The average molecular weight is 361 g/mol. The van der Waals surface area contributed by atoms with E-state index in [1.165, 1.54) is 22.3 Å². The Morgan fingerprint density at radius 3 is 2.41 bits per heavy atom. The van der Waals surface area contributed by atoms with E-state index in [1.807, 2.05) is 12.1 Å². The molecule has 4 rings (SSSR count). The predicted octanol–water partition coefficient (Wildman–Crippen LogP) is 4.05. The van der Waals surface area contributed by atoms with E-state index in [0.717, 1.165) is 12.8 Å². The van der Waals surface area contributed by atoms with Gasteiger partial charge in [0.25, 0.3) is 0 Å². The van der Waals surface area contributed by atoms with E-state index in [4.69, 9.17) is 15.9 Å². The monoisotopic (exact) mass is 361 g/mol. The highest BCUT2D eigenvalue weighted by atomic mass is 16.6. The van der Waals surface area contributed by atoms with Crippen LogP contribution in [0.5, 0.6) is 0 Å². The van der Waals surface area contributed by atoms with Gasteiger partial charge < -0.3 is 14.4 Å². The highest BCUT2D eigenvalue weighted by Crippen LogP contribution is 2.44. The van der Waals surface area contributed by atoms with Gasteiger partial charge in [0.15, 0.2) is 0 Å². The van der Waals surface area contributed by atoms with Crippen LogP contribution in [0.1, 0.15) is 29.9 Å². The molecule has 0 aromatic heterocycles. The Bertz CT molecular complexity index is 824. The Kier molecular flexibility index (Phi) is 5.13. The molecule has 2 aromatic rings. The highest BCUT2D eigenvalue weighted by molar-refractivity contribution is 5.79. The molecule has 2 aromatic carbocycles. The van der Waals surface area contributed by atoms with Crippen molar-refractivity contribution in [1.82, 2.24) is 4.90 Å². The van der Waals surface area contributed by atoms with Crippen LogP contribution in [0.15, 0.2) is 48.5 Å². The molecule has 0 bridgehead atoms. The molecular formula is C23H23NO3. The van der Waals surface area contributed by atoms with Gasteiger partial charge in [-0.3, -0.25) is 0 Å². The average Bonchev–Trinajstić information content (AvgIpc) is 3.29. The molecule has 1 fully saturated rings. The molecule has 0 spiro atoms. The second-order valence-electron chi connectivity index (χ2n) is 7.01. The van der Waals surface area contributed by atoms with Crippen molar-refractivity contribution in [2.45, 2.75) is 24.8 Å². The van der Waals surface area contributed by atoms with Gasteiger partial charge in [-0.05, 0) is 35.1 Å². The lowest BCUT2D eigenvalue weighted by molar-refractivity contribution is 0.0662. The fraction of sp³-hybridized carbons (Fsp3) is 0.348. The van der Waals surface area contributed by atoms with Crippen LogP contribution in [0.2, 0.25) is 0 Å². The van der Waals surface area contributed by atoms with Crippen LogP contribution in [0, 0.1) is 12.3 Å². The largest absolute Gasteiger partial charge is 0.448 e. The van der Waals surface area contributed by atoms with Crippen molar-refractivity contribution in [2.75, 3.05) is 26.4 Å². The van der Waals surface area contributed by atoms with Crippen LogP contribution in [0.3, 0.4) is 0 Å². The summed E-state index contributed by atoms with van der Waals surface area (Å²) < 4.78 is 11.2. The van der Waals surface area contributed by atoms with Crippen LogP contribution >= 0.6 is 0 Å². The number of nitrogens with zero attached hydrogens (tertiary/aromatic N) is 1. The summed E-state index contributed by atoms with van der Waals surface area (Å²) >= 11 is 0. The van der Waals surface area contributed by atoms with Gasteiger partial charge in [0.05, 0.1) is 12.6 Å². The minimum atomic E-state index is -0.260. The molecular weight excluding hydrogens is 338 g/mol. The van der Waals surface area contributed by atoms with Gasteiger partial charge in [-0.25, -0.2) is 4.79 Å². The second kappa shape index (κ2) is 7.85. The van der Waals surface area contributed by atoms with E-state index < -0.39 is 0 Å². The molecule has 1 atom stereocenters. The Morgan fingerprint density at radius 2 is 1.74 bits per heavy atom. The smallest absolute Gasteiger partial charge is 0.410 e. The number of fused-ring (bicyclic) bond motifs is 3. The van der Waals surface area contributed by atoms with Crippen molar-refractivity contribution < 1.29 is 14.3 Å². The summed E-state index contributed by atoms with van der Waals surface area (Å²) in [4.78, 5) is 14.5. The molecule has 1 aliphatic carbocycles. The quantitative estimate of drug-likeness (QED) is 0.596. The number of hydrogen-bond acceptors (Lipinski definition) is 3. The number of carbonyl (C=O) groups is 1. The number of carbonyl (C=O) groups excluding carboxylic acids is 1. The number of amides is 1. The maximum Gasteiger partial charge on any atom is 0.410 e.